The molecule has 0 atom stereocenters. The van der Waals surface area contributed by atoms with Gasteiger partial charge in [0.2, 0.25) is 0 Å². The van der Waals surface area contributed by atoms with Crippen molar-refractivity contribution in [2.45, 2.75) is 0 Å². The highest BCUT2D eigenvalue weighted by atomic mass is 35.5. The average molecular weight is 193 g/mol. The summed E-state index contributed by atoms with van der Waals surface area (Å²) in [6, 6.07) is 9.97. The molecular weight excluding hydrogens is 184 g/mol. The Bertz CT molecular complexity index is 406. The summed E-state index contributed by atoms with van der Waals surface area (Å²) in [4.78, 5) is 4.22. The molecule has 0 bridgehead atoms. The molecule has 0 radical (unpaired) electrons. The van der Waals surface area contributed by atoms with E-state index in [0.29, 0.717) is 5.15 Å². The smallest absolute Gasteiger partial charge is 0.140 e. The molecule has 0 spiro atoms. The van der Waals surface area contributed by atoms with Crippen LogP contribution in [0.4, 0.5) is 0 Å². The maximum Gasteiger partial charge on any atom is 0.140 e. The van der Waals surface area contributed by atoms with E-state index < -0.39 is 0 Å². The van der Waals surface area contributed by atoms with Crippen LogP contribution in [0.1, 0.15) is 0 Å². The number of aromatic nitrogens is 2. The van der Waals surface area contributed by atoms with Gasteiger partial charge in [0.15, 0.2) is 0 Å². The van der Waals surface area contributed by atoms with Gasteiger partial charge in [-0.25, -0.2) is 4.98 Å². The zero-order chi connectivity index (χ0) is 9.26. The van der Waals surface area contributed by atoms with Crippen LogP contribution in [0.3, 0.4) is 0 Å². The number of hydrogen-bond donors (Lipinski definition) is 0. The Morgan fingerprint density at radius 1 is 1.23 bits per heavy atom. The topological polar surface area (TPSA) is 17.8 Å². The number of rotatable bonds is 1. The minimum atomic E-state index is 0.652. The first-order valence-electron chi connectivity index (χ1n) is 4.01. The van der Waals surface area contributed by atoms with Gasteiger partial charge in [-0.15, -0.1) is 0 Å². The quantitative estimate of drug-likeness (QED) is 0.680. The van der Waals surface area contributed by atoms with Gasteiger partial charge in [0.05, 0.1) is 6.20 Å². The van der Waals surface area contributed by atoms with Crippen molar-refractivity contribution in [1.29, 1.82) is 0 Å². The summed E-state index contributed by atoms with van der Waals surface area (Å²) in [6.07, 6.45) is 1.66. The van der Waals surface area contributed by atoms with Gasteiger partial charge in [-0.2, -0.15) is 0 Å². The maximum atomic E-state index is 5.88. The van der Waals surface area contributed by atoms with E-state index in [9.17, 15) is 0 Å². The Balaban J connectivity index is 2.53. The number of nitrogens with zero attached hydrogens (tertiary/aromatic N) is 2. The van der Waals surface area contributed by atoms with E-state index in [4.69, 9.17) is 11.6 Å². The zero-order valence-corrected chi connectivity index (χ0v) is 7.99. The van der Waals surface area contributed by atoms with Crippen molar-refractivity contribution in [3.8, 4) is 11.4 Å². The standard InChI is InChI=1S/C10H9ClN2/c1-13-9(11)7-12-10(13)8-5-3-2-4-6-8/h2-7H,1H3. The van der Waals surface area contributed by atoms with Crippen molar-refractivity contribution in [2.75, 3.05) is 0 Å². The van der Waals surface area contributed by atoms with Crippen LogP contribution in [0.15, 0.2) is 36.5 Å². The molecule has 2 rings (SSSR count). The Kier molecular flexibility index (Phi) is 2.07. The predicted molar refractivity (Wildman–Crippen MR) is 53.7 cm³/mol. The number of imidazole rings is 1. The van der Waals surface area contributed by atoms with Gasteiger partial charge in [-0.05, 0) is 0 Å². The molecule has 0 saturated heterocycles. The third kappa shape index (κ3) is 1.45. The van der Waals surface area contributed by atoms with Gasteiger partial charge < -0.3 is 4.57 Å². The Morgan fingerprint density at radius 3 is 2.46 bits per heavy atom. The monoisotopic (exact) mass is 192 g/mol. The minimum Gasteiger partial charge on any atom is -0.318 e. The van der Waals surface area contributed by atoms with Crippen LogP contribution in [0, 0.1) is 0 Å². The molecule has 1 aromatic carbocycles. The third-order valence-corrected chi connectivity index (χ3v) is 2.31. The number of hydrogen-bond acceptors (Lipinski definition) is 1. The van der Waals surface area contributed by atoms with Crippen LogP contribution >= 0.6 is 11.6 Å². The van der Waals surface area contributed by atoms with Gasteiger partial charge in [-0.3, -0.25) is 0 Å². The molecule has 1 heterocycles. The SMILES string of the molecule is Cn1c(Cl)cnc1-c1ccccc1. The van der Waals surface area contributed by atoms with Gasteiger partial charge in [0.1, 0.15) is 11.0 Å². The summed E-state index contributed by atoms with van der Waals surface area (Å²) in [5.74, 6) is 0.894. The van der Waals surface area contributed by atoms with Crippen LogP contribution in [0.5, 0.6) is 0 Å². The van der Waals surface area contributed by atoms with Gasteiger partial charge in [-0.1, -0.05) is 41.9 Å². The Morgan fingerprint density at radius 2 is 1.92 bits per heavy atom. The lowest BCUT2D eigenvalue weighted by Crippen LogP contribution is -1.91. The first-order valence-corrected chi connectivity index (χ1v) is 4.39. The molecule has 66 valence electrons. The molecule has 1 aromatic heterocycles. The van der Waals surface area contributed by atoms with E-state index in [-0.39, 0.29) is 0 Å². The fourth-order valence-electron chi connectivity index (χ4n) is 1.24. The summed E-state index contributed by atoms with van der Waals surface area (Å²) in [5.41, 5.74) is 1.08. The summed E-state index contributed by atoms with van der Waals surface area (Å²) in [5, 5.41) is 0.652. The fourth-order valence-corrected chi connectivity index (χ4v) is 1.37. The highest BCUT2D eigenvalue weighted by molar-refractivity contribution is 6.29. The zero-order valence-electron chi connectivity index (χ0n) is 7.24. The highest BCUT2D eigenvalue weighted by Gasteiger charge is 2.05. The number of halogens is 1. The molecule has 3 heteroatoms. The highest BCUT2D eigenvalue weighted by Crippen LogP contribution is 2.20. The van der Waals surface area contributed by atoms with Crippen molar-refractivity contribution >= 4 is 11.6 Å². The minimum absolute atomic E-state index is 0.652. The van der Waals surface area contributed by atoms with E-state index in [0.717, 1.165) is 11.4 Å². The predicted octanol–water partition coefficient (Wildman–Crippen LogP) is 2.74. The van der Waals surface area contributed by atoms with Crippen LogP contribution in [-0.2, 0) is 7.05 Å². The molecule has 13 heavy (non-hydrogen) atoms. The van der Waals surface area contributed by atoms with E-state index in [1.807, 2.05) is 41.9 Å². The number of benzene rings is 1. The maximum absolute atomic E-state index is 5.88. The van der Waals surface area contributed by atoms with Crippen molar-refractivity contribution in [1.82, 2.24) is 9.55 Å². The molecule has 0 fully saturated rings. The van der Waals surface area contributed by atoms with E-state index >= 15 is 0 Å². The van der Waals surface area contributed by atoms with Crippen LogP contribution in [0.25, 0.3) is 11.4 Å². The van der Waals surface area contributed by atoms with Gasteiger partial charge in [0.25, 0.3) is 0 Å². The molecule has 0 aliphatic heterocycles. The lowest BCUT2D eigenvalue weighted by molar-refractivity contribution is 0.926. The van der Waals surface area contributed by atoms with Gasteiger partial charge in [0, 0.05) is 12.6 Å². The first-order chi connectivity index (χ1) is 6.29. The van der Waals surface area contributed by atoms with E-state index in [1.165, 1.54) is 0 Å². The molecule has 2 aromatic rings. The molecule has 2 nitrogen and oxygen atoms in total. The van der Waals surface area contributed by atoms with Crippen LogP contribution in [-0.4, -0.2) is 9.55 Å². The summed E-state index contributed by atoms with van der Waals surface area (Å²) in [6.45, 7) is 0. The third-order valence-electron chi connectivity index (χ3n) is 1.96. The lowest BCUT2D eigenvalue weighted by atomic mass is 10.2. The summed E-state index contributed by atoms with van der Waals surface area (Å²) in [7, 11) is 1.90. The molecular formula is C10H9ClN2. The van der Waals surface area contributed by atoms with Crippen molar-refractivity contribution in [3.05, 3.63) is 41.7 Å². The largest absolute Gasteiger partial charge is 0.318 e. The van der Waals surface area contributed by atoms with Gasteiger partial charge >= 0.3 is 0 Å². The molecule has 0 unspecified atom stereocenters. The summed E-state index contributed by atoms with van der Waals surface area (Å²) >= 11 is 5.88. The molecule has 0 aliphatic carbocycles. The summed E-state index contributed by atoms with van der Waals surface area (Å²) < 4.78 is 1.86. The Labute approximate surface area is 81.8 Å². The Hall–Kier alpha value is -1.28. The molecule has 0 aliphatic rings. The molecule has 0 amide bonds. The van der Waals surface area contributed by atoms with E-state index in [1.54, 1.807) is 6.20 Å². The van der Waals surface area contributed by atoms with Crippen LogP contribution < -0.4 is 0 Å². The van der Waals surface area contributed by atoms with Crippen LogP contribution in [0.2, 0.25) is 5.15 Å². The van der Waals surface area contributed by atoms with E-state index in [2.05, 4.69) is 4.98 Å². The van der Waals surface area contributed by atoms with Crippen molar-refractivity contribution in [3.63, 3.8) is 0 Å². The average Bonchev–Trinajstić information content (AvgIpc) is 2.49. The molecule has 0 saturated carbocycles. The first kappa shape index (κ1) is 8.32. The van der Waals surface area contributed by atoms with Crippen molar-refractivity contribution in [2.24, 2.45) is 7.05 Å². The molecule has 0 N–H and O–H groups in total. The second-order valence-electron chi connectivity index (χ2n) is 2.83. The second-order valence-corrected chi connectivity index (χ2v) is 3.22. The lowest BCUT2D eigenvalue weighted by Gasteiger charge is -2.01. The normalized spacial score (nSPS) is 10.3. The van der Waals surface area contributed by atoms with Crippen molar-refractivity contribution < 1.29 is 0 Å². The fraction of sp³-hybridized carbons (Fsp3) is 0.100. The second kappa shape index (κ2) is 3.23.